The number of hydrogen-bond acceptors (Lipinski definition) is 4. The number of nitrogens with zero attached hydrogens (tertiary/aromatic N) is 1. The summed E-state index contributed by atoms with van der Waals surface area (Å²) in [6, 6.07) is 5.36. The predicted octanol–water partition coefficient (Wildman–Crippen LogP) is 2.49. The summed E-state index contributed by atoms with van der Waals surface area (Å²) >= 11 is 0. The number of rotatable bonds is 1. The zero-order valence-corrected chi connectivity index (χ0v) is 13.0. The normalized spacial score (nSPS) is 24.5. The van der Waals surface area contributed by atoms with Gasteiger partial charge in [0.25, 0.3) is 0 Å². The Morgan fingerprint density at radius 3 is 2.55 bits per heavy atom. The minimum Gasteiger partial charge on any atom is -0.490 e. The van der Waals surface area contributed by atoms with Crippen LogP contribution < -0.4 is 14.8 Å². The van der Waals surface area contributed by atoms with E-state index in [4.69, 9.17) is 14.2 Å². The van der Waals surface area contributed by atoms with Crippen molar-refractivity contribution in [3.63, 3.8) is 0 Å². The van der Waals surface area contributed by atoms with Gasteiger partial charge in [0.15, 0.2) is 11.5 Å². The van der Waals surface area contributed by atoms with E-state index < -0.39 is 0 Å². The first-order valence-electron chi connectivity index (χ1n) is 7.73. The number of carbonyl (C=O) groups is 1. The van der Waals surface area contributed by atoms with Crippen LogP contribution in [0.15, 0.2) is 18.2 Å². The number of nitrogens with one attached hydrogen (secondary N) is 1. The highest BCUT2D eigenvalue weighted by molar-refractivity contribution is 5.89. The van der Waals surface area contributed by atoms with Crippen molar-refractivity contribution in [3.8, 4) is 11.5 Å². The van der Waals surface area contributed by atoms with Gasteiger partial charge in [-0.25, -0.2) is 4.79 Å². The van der Waals surface area contributed by atoms with Crippen LogP contribution in [0.25, 0.3) is 0 Å². The summed E-state index contributed by atoms with van der Waals surface area (Å²) in [5.74, 6) is 1.41. The van der Waals surface area contributed by atoms with Gasteiger partial charge in [0, 0.05) is 31.3 Å². The van der Waals surface area contributed by atoms with Crippen LogP contribution in [0, 0.1) is 0 Å². The molecule has 0 aromatic heterocycles. The summed E-state index contributed by atoms with van der Waals surface area (Å²) in [5, 5.41) is 2.92. The molecule has 1 N–H and O–H groups in total. The molecule has 2 heterocycles. The van der Waals surface area contributed by atoms with E-state index >= 15 is 0 Å². The van der Waals surface area contributed by atoms with E-state index in [1.807, 2.05) is 32.0 Å². The van der Waals surface area contributed by atoms with Crippen molar-refractivity contribution < 1.29 is 19.0 Å². The number of hydrogen-bond donors (Lipinski definition) is 1. The van der Waals surface area contributed by atoms with Crippen LogP contribution in [0.2, 0.25) is 0 Å². The molecule has 0 unspecified atom stereocenters. The second-order valence-electron chi connectivity index (χ2n) is 5.80. The number of benzene rings is 1. The monoisotopic (exact) mass is 306 g/mol. The molecule has 2 atom stereocenters. The van der Waals surface area contributed by atoms with Gasteiger partial charge in [0.2, 0.25) is 0 Å². The van der Waals surface area contributed by atoms with Crippen LogP contribution in [-0.4, -0.2) is 49.4 Å². The Morgan fingerprint density at radius 1 is 1.14 bits per heavy atom. The topological polar surface area (TPSA) is 60.0 Å². The summed E-state index contributed by atoms with van der Waals surface area (Å²) in [6.07, 6.45) is 0.969. The zero-order chi connectivity index (χ0) is 15.5. The Balaban J connectivity index is 1.67. The third kappa shape index (κ3) is 3.44. The van der Waals surface area contributed by atoms with Crippen molar-refractivity contribution in [1.29, 1.82) is 0 Å². The highest BCUT2D eigenvalue weighted by Crippen LogP contribution is 2.32. The largest absolute Gasteiger partial charge is 0.490 e. The molecule has 0 radical (unpaired) electrons. The molecular formula is C16H22N2O4. The number of morpholine rings is 1. The van der Waals surface area contributed by atoms with Gasteiger partial charge in [-0.05, 0) is 26.0 Å². The average Bonchev–Trinajstić information content (AvgIpc) is 2.71. The highest BCUT2D eigenvalue weighted by Gasteiger charge is 2.26. The van der Waals surface area contributed by atoms with Crippen molar-refractivity contribution in [2.24, 2.45) is 0 Å². The number of ether oxygens (including phenoxy) is 3. The van der Waals surface area contributed by atoms with Crippen LogP contribution in [-0.2, 0) is 4.74 Å². The number of urea groups is 1. The van der Waals surface area contributed by atoms with Crippen molar-refractivity contribution in [2.45, 2.75) is 32.5 Å². The lowest BCUT2D eigenvalue weighted by Crippen LogP contribution is -2.49. The first-order chi connectivity index (χ1) is 10.6. The maximum Gasteiger partial charge on any atom is 0.322 e. The Bertz CT molecular complexity index is 539. The summed E-state index contributed by atoms with van der Waals surface area (Å²) < 4.78 is 16.9. The molecule has 0 saturated carbocycles. The number of fused-ring (bicyclic) bond motifs is 1. The van der Waals surface area contributed by atoms with Gasteiger partial charge < -0.3 is 24.4 Å². The standard InChI is InChI=1S/C16H22N2O4/c1-11-9-18(10-12(2)22-11)16(19)17-13-4-5-14-15(8-13)21-7-3-6-20-14/h4-5,8,11-12H,3,6-7,9-10H2,1-2H3,(H,17,19)/t11-,12-/m0/s1. The van der Waals surface area contributed by atoms with Crippen LogP contribution in [0.3, 0.4) is 0 Å². The van der Waals surface area contributed by atoms with Gasteiger partial charge in [0.05, 0.1) is 25.4 Å². The van der Waals surface area contributed by atoms with Crippen LogP contribution >= 0.6 is 0 Å². The fraction of sp³-hybridized carbons (Fsp3) is 0.562. The van der Waals surface area contributed by atoms with Gasteiger partial charge in [0.1, 0.15) is 0 Å². The lowest BCUT2D eigenvalue weighted by Gasteiger charge is -2.35. The molecule has 2 aliphatic heterocycles. The Kier molecular flexibility index (Phi) is 4.38. The molecule has 0 aliphatic carbocycles. The van der Waals surface area contributed by atoms with Crippen molar-refractivity contribution in [3.05, 3.63) is 18.2 Å². The molecule has 1 aromatic rings. The number of carbonyl (C=O) groups excluding carboxylic acids is 1. The van der Waals surface area contributed by atoms with Gasteiger partial charge in [-0.2, -0.15) is 0 Å². The fourth-order valence-electron chi connectivity index (χ4n) is 2.79. The lowest BCUT2D eigenvalue weighted by molar-refractivity contribution is -0.0530. The van der Waals surface area contributed by atoms with E-state index in [0.29, 0.717) is 37.7 Å². The molecule has 0 spiro atoms. The first kappa shape index (κ1) is 15.0. The second-order valence-corrected chi connectivity index (χ2v) is 5.80. The Labute approximate surface area is 130 Å². The Morgan fingerprint density at radius 2 is 1.82 bits per heavy atom. The molecular weight excluding hydrogens is 284 g/mol. The van der Waals surface area contributed by atoms with Crippen LogP contribution in [0.1, 0.15) is 20.3 Å². The fourth-order valence-corrected chi connectivity index (χ4v) is 2.79. The van der Waals surface area contributed by atoms with E-state index in [2.05, 4.69) is 5.32 Å². The maximum absolute atomic E-state index is 12.4. The first-order valence-corrected chi connectivity index (χ1v) is 7.73. The van der Waals surface area contributed by atoms with Crippen LogP contribution in [0.5, 0.6) is 11.5 Å². The SMILES string of the molecule is C[C@H]1CN(C(=O)Nc2ccc3c(c2)OCCCO3)C[C@H](C)O1. The predicted molar refractivity (Wildman–Crippen MR) is 82.6 cm³/mol. The molecule has 6 heteroatoms. The zero-order valence-electron chi connectivity index (χ0n) is 13.0. The molecule has 2 aliphatic rings. The molecule has 6 nitrogen and oxygen atoms in total. The lowest BCUT2D eigenvalue weighted by atomic mass is 10.2. The average molecular weight is 306 g/mol. The van der Waals surface area contributed by atoms with Gasteiger partial charge in [-0.1, -0.05) is 0 Å². The summed E-state index contributed by atoms with van der Waals surface area (Å²) in [5.41, 5.74) is 0.709. The smallest absolute Gasteiger partial charge is 0.322 e. The molecule has 1 aromatic carbocycles. The molecule has 0 bridgehead atoms. The number of anilines is 1. The molecule has 22 heavy (non-hydrogen) atoms. The second kappa shape index (κ2) is 6.44. The van der Waals surface area contributed by atoms with Crippen molar-refractivity contribution >= 4 is 11.7 Å². The van der Waals surface area contributed by atoms with E-state index in [9.17, 15) is 4.79 Å². The summed E-state index contributed by atoms with van der Waals surface area (Å²) in [4.78, 5) is 14.2. The summed E-state index contributed by atoms with van der Waals surface area (Å²) in [6.45, 7) is 6.43. The quantitative estimate of drug-likeness (QED) is 0.866. The van der Waals surface area contributed by atoms with Crippen molar-refractivity contribution in [2.75, 3.05) is 31.6 Å². The number of amides is 2. The van der Waals surface area contributed by atoms with Gasteiger partial charge in [-0.15, -0.1) is 0 Å². The third-order valence-electron chi connectivity index (χ3n) is 3.71. The maximum atomic E-state index is 12.4. The molecule has 1 saturated heterocycles. The molecule has 3 rings (SSSR count). The molecule has 1 fully saturated rings. The van der Waals surface area contributed by atoms with Gasteiger partial charge in [-0.3, -0.25) is 0 Å². The van der Waals surface area contributed by atoms with E-state index in [0.717, 1.165) is 12.2 Å². The van der Waals surface area contributed by atoms with Crippen LogP contribution in [0.4, 0.5) is 10.5 Å². The van der Waals surface area contributed by atoms with E-state index in [1.165, 1.54) is 0 Å². The molecule has 2 amide bonds. The van der Waals surface area contributed by atoms with Gasteiger partial charge >= 0.3 is 6.03 Å². The minimum atomic E-state index is -0.114. The third-order valence-corrected chi connectivity index (χ3v) is 3.71. The van der Waals surface area contributed by atoms with E-state index in [1.54, 1.807) is 4.90 Å². The molecule has 120 valence electrons. The minimum absolute atomic E-state index is 0.0540. The van der Waals surface area contributed by atoms with E-state index in [-0.39, 0.29) is 18.2 Å². The Hall–Kier alpha value is -1.95. The summed E-state index contributed by atoms with van der Waals surface area (Å²) in [7, 11) is 0. The highest BCUT2D eigenvalue weighted by atomic mass is 16.5. The van der Waals surface area contributed by atoms with Crippen molar-refractivity contribution in [1.82, 2.24) is 4.90 Å².